The molecule has 0 radical (unpaired) electrons. The summed E-state index contributed by atoms with van der Waals surface area (Å²) in [5.41, 5.74) is 3.52. The maximum Gasteiger partial charge on any atom is 0.258 e. The van der Waals surface area contributed by atoms with Crippen LogP contribution in [0.1, 0.15) is 69.8 Å². The van der Waals surface area contributed by atoms with Crippen molar-refractivity contribution < 1.29 is 28.4 Å². The van der Waals surface area contributed by atoms with E-state index in [0.717, 1.165) is 24.8 Å². The summed E-state index contributed by atoms with van der Waals surface area (Å²) in [6.07, 6.45) is 3.25. The number of aryl methyl sites for hydroxylation is 2. The molecule has 4 amide bonds. The molecule has 202 valence electrons. The molecule has 2 aromatic heterocycles. The number of benzene rings is 1. The van der Waals surface area contributed by atoms with Crippen LogP contribution in [0.5, 0.6) is 5.75 Å². The number of ether oxygens (including phenoxy) is 1. The first-order chi connectivity index (χ1) is 18.8. The number of amides is 4. The maximum atomic E-state index is 13.7. The van der Waals surface area contributed by atoms with Crippen LogP contribution in [0.4, 0.5) is 0 Å². The predicted molar refractivity (Wildman–Crippen MR) is 138 cm³/mol. The number of hydrogen-bond acceptors (Lipinski definition) is 8. The molecule has 11 nitrogen and oxygen atoms in total. The van der Waals surface area contributed by atoms with Gasteiger partial charge in [-0.05, 0) is 69.4 Å². The number of rotatable bonds is 5. The summed E-state index contributed by atoms with van der Waals surface area (Å²) in [6.45, 7) is 4.84. The summed E-state index contributed by atoms with van der Waals surface area (Å²) in [5, 5.41) is 6.96. The summed E-state index contributed by atoms with van der Waals surface area (Å²) in [4.78, 5) is 58.3. The lowest BCUT2D eigenvalue weighted by Crippen LogP contribution is -2.52. The van der Waals surface area contributed by atoms with E-state index in [1.807, 2.05) is 17.9 Å². The smallest absolute Gasteiger partial charge is 0.258 e. The highest BCUT2D eigenvalue weighted by Crippen LogP contribution is 2.31. The van der Waals surface area contributed by atoms with Crippen LogP contribution in [-0.2, 0) is 16.1 Å². The molecule has 0 spiro atoms. The van der Waals surface area contributed by atoms with Gasteiger partial charge in [0.2, 0.25) is 11.8 Å². The van der Waals surface area contributed by atoms with Gasteiger partial charge in [-0.3, -0.25) is 24.5 Å². The van der Waals surface area contributed by atoms with Gasteiger partial charge in [0.1, 0.15) is 18.4 Å². The van der Waals surface area contributed by atoms with Crippen molar-refractivity contribution in [1.82, 2.24) is 25.3 Å². The van der Waals surface area contributed by atoms with Crippen molar-refractivity contribution in [3.63, 3.8) is 0 Å². The molecule has 5 heterocycles. The fraction of sp³-hybridized carbons (Fsp3) is 0.429. The normalized spacial score (nSPS) is 21.3. The van der Waals surface area contributed by atoms with Crippen molar-refractivity contribution in [3.8, 4) is 5.75 Å². The lowest BCUT2D eigenvalue weighted by atomic mass is 10.00. The van der Waals surface area contributed by atoms with Crippen LogP contribution < -0.4 is 10.1 Å². The Labute approximate surface area is 224 Å². The monoisotopic (exact) mass is 531 g/mol. The molecule has 3 aromatic rings. The van der Waals surface area contributed by atoms with Crippen molar-refractivity contribution in [2.45, 2.75) is 64.6 Å². The highest BCUT2D eigenvalue weighted by molar-refractivity contribution is 6.06. The number of carbonyl (C=O) groups excluding carboxylic acids is 4. The van der Waals surface area contributed by atoms with Crippen molar-refractivity contribution in [3.05, 3.63) is 52.3 Å². The number of piperidine rings is 2. The van der Waals surface area contributed by atoms with E-state index in [9.17, 15) is 19.2 Å². The number of imide groups is 1. The molecule has 2 fully saturated rings. The lowest BCUT2D eigenvalue weighted by Gasteiger charge is -2.35. The molecule has 2 atom stereocenters. The third-order valence-electron chi connectivity index (χ3n) is 7.80. The molecule has 2 saturated heterocycles. The fourth-order valence-electron chi connectivity index (χ4n) is 5.82. The number of aromatic nitrogens is 2. The Hall–Kier alpha value is -4.28. The SMILES string of the molecule is Cc1cc(C(=O)N2CCCC[C@@H]2COc2ccc3c(c2)CN(C2CCC(=O)NC2=O)C3=O)c2c(C)noc2n1. The van der Waals surface area contributed by atoms with E-state index in [2.05, 4.69) is 15.5 Å². The summed E-state index contributed by atoms with van der Waals surface area (Å²) < 4.78 is 11.5. The van der Waals surface area contributed by atoms with E-state index in [0.29, 0.717) is 58.9 Å². The molecule has 0 aliphatic carbocycles. The third kappa shape index (κ3) is 4.51. The minimum absolute atomic E-state index is 0.0930. The van der Waals surface area contributed by atoms with Gasteiger partial charge in [0.05, 0.1) is 22.7 Å². The first-order valence-electron chi connectivity index (χ1n) is 13.2. The second-order valence-corrected chi connectivity index (χ2v) is 10.4. The number of nitrogens with zero attached hydrogens (tertiary/aromatic N) is 4. The first-order valence-corrected chi connectivity index (χ1v) is 13.2. The third-order valence-corrected chi connectivity index (χ3v) is 7.80. The quantitative estimate of drug-likeness (QED) is 0.497. The maximum absolute atomic E-state index is 13.7. The van der Waals surface area contributed by atoms with Crippen LogP contribution in [0.3, 0.4) is 0 Å². The molecule has 1 aromatic carbocycles. The molecule has 39 heavy (non-hydrogen) atoms. The first kappa shape index (κ1) is 25.0. The Balaban J connectivity index is 1.17. The molecule has 11 heteroatoms. The molecule has 3 aliphatic rings. The standard InChI is InChI=1S/C28H29N5O6/c1-15-11-21(24-16(2)31-39-26(24)29-15)28(37)32-10-4-3-5-18(32)14-38-19-6-7-20-17(12-19)13-33(27(20)36)22-8-9-23(34)30-25(22)35/h6-7,11-12,18,22H,3-5,8-10,13-14H2,1-2H3,(H,30,34,35)/t18-,22?/m1/s1. The molecular formula is C28H29N5O6. The van der Waals surface area contributed by atoms with Gasteiger partial charge in [-0.15, -0.1) is 0 Å². The number of likely N-dealkylation sites (tertiary alicyclic amines) is 1. The Morgan fingerprint density at radius 1 is 1.15 bits per heavy atom. The van der Waals surface area contributed by atoms with Crippen molar-refractivity contribution in [1.29, 1.82) is 0 Å². The Morgan fingerprint density at radius 2 is 2.00 bits per heavy atom. The summed E-state index contributed by atoms with van der Waals surface area (Å²) in [7, 11) is 0. The van der Waals surface area contributed by atoms with E-state index >= 15 is 0 Å². The van der Waals surface area contributed by atoms with E-state index in [4.69, 9.17) is 9.26 Å². The van der Waals surface area contributed by atoms with Crippen LogP contribution in [-0.4, -0.2) is 68.8 Å². The van der Waals surface area contributed by atoms with Gasteiger partial charge in [-0.25, -0.2) is 4.98 Å². The Morgan fingerprint density at radius 3 is 2.82 bits per heavy atom. The van der Waals surface area contributed by atoms with Gasteiger partial charge < -0.3 is 19.1 Å². The molecule has 0 saturated carbocycles. The van der Waals surface area contributed by atoms with E-state index in [1.54, 1.807) is 25.1 Å². The van der Waals surface area contributed by atoms with Crippen LogP contribution in [0, 0.1) is 13.8 Å². The van der Waals surface area contributed by atoms with Crippen LogP contribution in [0.25, 0.3) is 11.1 Å². The van der Waals surface area contributed by atoms with Gasteiger partial charge in [-0.1, -0.05) is 5.16 Å². The van der Waals surface area contributed by atoms with Crippen molar-refractivity contribution >= 4 is 34.7 Å². The van der Waals surface area contributed by atoms with E-state index in [-0.39, 0.29) is 36.7 Å². The Kier molecular flexibility index (Phi) is 6.28. The van der Waals surface area contributed by atoms with E-state index in [1.165, 1.54) is 4.90 Å². The Bertz CT molecular complexity index is 1510. The zero-order chi connectivity index (χ0) is 27.3. The zero-order valence-corrected chi connectivity index (χ0v) is 21.9. The van der Waals surface area contributed by atoms with Crippen LogP contribution in [0.15, 0.2) is 28.8 Å². The molecule has 1 N–H and O–H groups in total. The second-order valence-electron chi connectivity index (χ2n) is 10.4. The molecule has 1 unspecified atom stereocenters. The molecule has 0 bridgehead atoms. The summed E-state index contributed by atoms with van der Waals surface area (Å²) >= 11 is 0. The zero-order valence-electron chi connectivity index (χ0n) is 21.9. The van der Waals surface area contributed by atoms with Crippen LogP contribution in [0.2, 0.25) is 0 Å². The van der Waals surface area contributed by atoms with Crippen molar-refractivity contribution in [2.24, 2.45) is 0 Å². The fourth-order valence-corrected chi connectivity index (χ4v) is 5.82. The topological polar surface area (TPSA) is 135 Å². The van der Waals surface area contributed by atoms with Gasteiger partial charge in [0, 0.05) is 30.8 Å². The number of fused-ring (bicyclic) bond motifs is 2. The van der Waals surface area contributed by atoms with Gasteiger partial charge in [0.15, 0.2) is 0 Å². The summed E-state index contributed by atoms with van der Waals surface area (Å²) in [5.74, 6) is -0.468. The van der Waals surface area contributed by atoms with Crippen molar-refractivity contribution in [2.75, 3.05) is 13.2 Å². The largest absolute Gasteiger partial charge is 0.491 e. The van der Waals surface area contributed by atoms with Gasteiger partial charge in [0.25, 0.3) is 17.5 Å². The molecular weight excluding hydrogens is 502 g/mol. The van der Waals surface area contributed by atoms with E-state index < -0.39 is 11.9 Å². The highest BCUT2D eigenvalue weighted by Gasteiger charge is 2.39. The van der Waals surface area contributed by atoms with Gasteiger partial charge >= 0.3 is 0 Å². The molecule has 6 rings (SSSR count). The number of nitrogens with one attached hydrogen (secondary N) is 1. The summed E-state index contributed by atoms with van der Waals surface area (Å²) in [6, 6.07) is 6.29. The number of hydrogen-bond donors (Lipinski definition) is 1. The minimum Gasteiger partial charge on any atom is -0.491 e. The highest BCUT2D eigenvalue weighted by atomic mass is 16.5. The average Bonchev–Trinajstić information content (AvgIpc) is 3.45. The molecule has 3 aliphatic heterocycles. The number of carbonyl (C=O) groups is 4. The van der Waals surface area contributed by atoms with Crippen LogP contribution >= 0.6 is 0 Å². The predicted octanol–water partition coefficient (Wildman–Crippen LogP) is 2.67. The lowest BCUT2D eigenvalue weighted by molar-refractivity contribution is -0.136. The average molecular weight is 532 g/mol. The minimum atomic E-state index is -0.661. The second kappa shape index (κ2) is 9.79. The number of pyridine rings is 1. The van der Waals surface area contributed by atoms with Gasteiger partial charge in [-0.2, -0.15) is 0 Å².